The molecule has 7 heteroatoms. The molecule has 102 valence electrons. The predicted molar refractivity (Wildman–Crippen MR) is 80.6 cm³/mol. The van der Waals surface area contributed by atoms with E-state index in [1.54, 1.807) is 11.3 Å². The van der Waals surface area contributed by atoms with Crippen molar-refractivity contribution in [3.05, 3.63) is 10.9 Å². The van der Waals surface area contributed by atoms with E-state index in [4.69, 9.17) is 0 Å². The van der Waals surface area contributed by atoms with E-state index in [1.165, 1.54) is 11.3 Å². The molecule has 3 heterocycles. The molecule has 1 saturated heterocycles. The summed E-state index contributed by atoms with van der Waals surface area (Å²) in [5.74, 6) is 0.0234. The summed E-state index contributed by atoms with van der Waals surface area (Å²) in [5, 5.41) is 7.28. The lowest BCUT2D eigenvalue weighted by Gasteiger charge is -2.09. The van der Waals surface area contributed by atoms with E-state index in [2.05, 4.69) is 15.6 Å². The van der Waals surface area contributed by atoms with Crippen molar-refractivity contribution in [2.24, 2.45) is 0 Å². The number of thiophene rings is 1. The predicted octanol–water partition coefficient (Wildman–Crippen LogP) is 1.52. The zero-order valence-corrected chi connectivity index (χ0v) is 12.5. The highest BCUT2D eigenvalue weighted by Crippen LogP contribution is 2.33. The quantitative estimate of drug-likeness (QED) is 0.901. The summed E-state index contributed by atoms with van der Waals surface area (Å²) in [6, 6.07) is 2.21. The van der Waals surface area contributed by atoms with Gasteiger partial charge in [-0.3, -0.25) is 4.79 Å². The Morgan fingerprint density at radius 2 is 2.37 bits per heavy atom. The Hall–Kier alpha value is -1.18. The van der Waals surface area contributed by atoms with Crippen molar-refractivity contribution >= 4 is 43.2 Å². The van der Waals surface area contributed by atoms with Crippen LogP contribution in [-0.4, -0.2) is 44.1 Å². The molecule has 0 spiro atoms. The maximum atomic E-state index is 12.1. The summed E-state index contributed by atoms with van der Waals surface area (Å²) >= 11 is 3.09. The van der Waals surface area contributed by atoms with Crippen molar-refractivity contribution in [1.29, 1.82) is 0 Å². The zero-order valence-electron chi connectivity index (χ0n) is 10.9. The van der Waals surface area contributed by atoms with Gasteiger partial charge in [-0.1, -0.05) is 11.3 Å². The molecule has 1 atom stereocenters. The summed E-state index contributed by atoms with van der Waals surface area (Å²) in [4.78, 5) is 20.3. The normalized spacial score (nSPS) is 18.9. The molecule has 0 aromatic carbocycles. The molecule has 1 fully saturated rings. The number of carbonyl (C=O) groups excluding carboxylic acids is 1. The summed E-state index contributed by atoms with van der Waals surface area (Å²) in [7, 11) is 3.95. The van der Waals surface area contributed by atoms with Gasteiger partial charge in [-0.15, -0.1) is 11.3 Å². The molecular weight excluding hydrogens is 280 g/mol. The Labute approximate surface area is 119 Å². The van der Waals surface area contributed by atoms with Crippen molar-refractivity contribution in [1.82, 2.24) is 15.6 Å². The molecule has 0 radical (unpaired) electrons. The van der Waals surface area contributed by atoms with Crippen LogP contribution in [-0.2, 0) is 0 Å². The molecule has 0 saturated carbocycles. The van der Waals surface area contributed by atoms with Crippen molar-refractivity contribution in [3.8, 4) is 0 Å². The largest absolute Gasteiger partial charge is 0.354 e. The summed E-state index contributed by atoms with van der Waals surface area (Å²) in [6.45, 7) is 1.85. The molecule has 5 nitrogen and oxygen atoms in total. The first kappa shape index (κ1) is 12.8. The van der Waals surface area contributed by atoms with Crippen LogP contribution in [0.1, 0.15) is 16.1 Å². The number of aromatic nitrogens is 1. The maximum Gasteiger partial charge on any atom is 0.261 e. The van der Waals surface area contributed by atoms with Gasteiger partial charge in [-0.25, -0.2) is 4.98 Å². The Morgan fingerprint density at radius 3 is 3.00 bits per heavy atom. The fraction of sp³-hybridized carbons (Fsp3) is 0.500. The van der Waals surface area contributed by atoms with Gasteiger partial charge >= 0.3 is 0 Å². The van der Waals surface area contributed by atoms with E-state index < -0.39 is 0 Å². The second kappa shape index (κ2) is 5.07. The maximum absolute atomic E-state index is 12.1. The van der Waals surface area contributed by atoms with Gasteiger partial charge in [0.2, 0.25) is 0 Å². The highest BCUT2D eigenvalue weighted by molar-refractivity contribution is 7.29. The lowest BCUT2D eigenvalue weighted by Crippen LogP contribution is -2.35. The Morgan fingerprint density at radius 1 is 1.53 bits per heavy atom. The van der Waals surface area contributed by atoms with Gasteiger partial charge in [-0.2, -0.15) is 0 Å². The van der Waals surface area contributed by atoms with Crippen LogP contribution in [0.2, 0.25) is 0 Å². The topological polar surface area (TPSA) is 57.3 Å². The number of fused-ring (bicyclic) bond motifs is 1. The number of nitrogens with one attached hydrogen (secondary N) is 2. The molecule has 3 rings (SSSR count). The third-order valence-corrected chi connectivity index (χ3v) is 5.41. The van der Waals surface area contributed by atoms with E-state index in [1.807, 2.05) is 25.1 Å². The summed E-state index contributed by atoms with van der Waals surface area (Å²) < 4.78 is 1.09. The first-order valence-corrected chi connectivity index (χ1v) is 7.86. The van der Waals surface area contributed by atoms with Crippen molar-refractivity contribution in [3.63, 3.8) is 0 Å². The first-order valence-electron chi connectivity index (χ1n) is 6.23. The fourth-order valence-corrected chi connectivity index (χ4v) is 4.10. The summed E-state index contributed by atoms with van der Waals surface area (Å²) in [6.07, 6.45) is 1.01. The lowest BCUT2D eigenvalue weighted by atomic mass is 10.2. The highest BCUT2D eigenvalue weighted by Gasteiger charge is 2.20. The third-order valence-electron chi connectivity index (χ3n) is 3.08. The average Bonchev–Trinajstić information content (AvgIpc) is 3.01. The molecule has 1 aliphatic heterocycles. The molecule has 2 aromatic rings. The molecule has 1 amide bonds. The van der Waals surface area contributed by atoms with Crippen LogP contribution in [0, 0.1) is 0 Å². The molecule has 2 N–H and O–H groups in total. The Bertz CT molecular complexity index is 566. The van der Waals surface area contributed by atoms with Crippen LogP contribution in [0.5, 0.6) is 0 Å². The molecule has 1 aliphatic rings. The van der Waals surface area contributed by atoms with E-state index in [9.17, 15) is 4.79 Å². The second-order valence-electron chi connectivity index (χ2n) is 4.83. The molecule has 0 bridgehead atoms. The van der Waals surface area contributed by atoms with Gasteiger partial charge in [0.1, 0.15) is 4.83 Å². The minimum Gasteiger partial charge on any atom is -0.354 e. The number of thiazole rings is 1. The van der Waals surface area contributed by atoms with E-state index in [-0.39, 0.29) is 11.9 Å². The van der Waals surface area contributed by atoms with Gasteiger partial charge < -0.3 is 15.5 Å². The molecule has 19 heavy (non-hydrogen) atoms. The number of hydrogen-bond acceptors (Lipinski definition) is 6. The van der Waals surface area contributed by atoms with Crippen LogP contribution in [0.15, 0.2) is 6.07 Å². The van der Waals surface area contributed by atoms with Gasteiger partial charge in [0.05, 0.1) is 9.58 Å². The fourth-order valence-electron chi connectivity index (χ4n) is 2.06. The molecule has 0 aliphatic carbocycles. The molecular formula is C12H16N4OS2. The third kappa shape index (κ3) is 2.58. The minimum atomic E-state index is 0.0234. The number of carbonyl (C=O) groups is 1. The van der Waals surface area contributed by atoms with Gasteiger partial charge in [-0.05, 0) is 19.0 Å². The van der Waals surface area contributed by atoms with Crippen LogP contribution in [0.3, 0.4) is 0 Å². The van der Waals surface area contributed by atoms with E-state index in [0.29, 0.717) is 0 Å². The highest BCUT2D eigenvalue weighted by atomic mass is 32.1. The van der Waals surface area contributed by atoms with Crippen LogP contribution >= 0.6 is 22.7 Å². The summed E-state index contributed by atoms with van der Waals surface area (Å²) in [5.41, 5.74) is 0. The first-order chi connectivity index (χ1) is 9.13. The molecule has 1 unspecified atom stereocenters. The van der Waals surface area contributed by atoms with E-state index >= 15 is 0 Å². The average molecular weight is 296 g/mol. The van der Waals surface area contributed by atoms with E-state index in [0.717, 1.165) is 39.0 Å². The number of hydrogen-bond donors (Lipinski definition) is 2. The molecule has 2 aromatic heterocycles. The van der Waals surface area contributed by atoms with Crippen LogP contribution < -0.4 is 15.5 Å². The number of nitrogens with zero attached hydrogens (tertiary/aromatic N) is 2. The number of anilines is 1. The van der Waals surface area contributed by atoms with Gasteiger partial charge in [0, 0.05) is 26.7 Å². The second-order valence-corrected chi connectivity index (χ2v) is 6.87. The monoisotopic (exact) mass is 296 g/mol. The van der Waals surface area contributed by atoms with Crippen LogP contribution in [0.25, 0.3) is 9.53 Å². The van der Waals surface area contributed by atoms with Crippen molar-refractivity contribution in [2.45, 2.75) is 12.5 Å². The SMILES string of the molecule is CN(C)c1nc2sc(C(=O)NC3CCNC3)cc2s1. The smallest absolute Gasteiger partial charge is 0.261 e. The lowest BCUT2D eigenvalue weighted by molar-refractivity contribution is 0.0944. The van der Waals surface area contributed by atoms with Crippen LogP contribution in [0.4, 0.5) is 5.13 Å². The zero-order chi connectivity index (χ0) is 13.4. The van der Waals surface area contributed by atoms with Gasteiger partial charge in [0.25, 0.3) is 5.91 Å². The Kier molecular flexibility index (Phi) is 3.42. The van der Waals surface area contributed by atoms with Crippen molar-refractivity contribution in [2.75, 3.05) is 32.1 Å². The standard InChI is InChI=1S/C12H16N4OS2/c1-16(2)12-15-11-9(19-12)5-8(18-11)10(17)14-7-3-4-13-6-7/h5,7,13H,3-4,6H2,1-2H3,(H,14,17). The van der Waals surface area contributed by atoms with Gasteiger partial charge in [0.15, 0.2) is 5.13 Å². The van der Waals surface area contributed by atoms with Crippen molar-refractivity contribution < 1.29 is 4.79 Å². The Balaban J connectivity index is 1.77. The number of amides is 1. The minimum absolute atomic E-state index is 0.0234. The number of rotatable bonds is 3.